The number of sulfonamides is 1. The van der Waals surface area contributed by atoms with Gasteiger partial charge in [-0.2, -0.15) is 0 Å². The number of nitrogens with one attached hydrogen (secondary N) is 2. The van der Waals surface area contributed by atoms with Crippen LogP contribution < -0.4 is 10.6 Å². The van der Waals surface area contributed by atoms with Gasteiger partial charge < -0.3 is 10.6 Å². The lowest BCUT2D eigenvalue weighted by Gasteiger charge is -2.29. The van der Waals surface area contributed by atoms with Gasteiger partial charge in [0.15, 0.2) is 0 Å². The van der Waals surface area contributed by atoms with Crippen LogP contribution in [-0.4, -0.2) is 50.9 Å². The zero-order chi connectivity index (χ0) is 15.5. The molecule has 2 N–H and O–H groups in total. The maximum absolute atomic E-state index is 12.0. The molecule has 1 aliphatic rings. The van der Waals surface area contributed by atoms with Gasteiger partial charge in [-0.15, -0.1) is 0 Å². The van der Waals surface area contributed by atoms with Crippen molar-refractivity contribution in [3.63, 3.8) is 0 Å². The SMILES string of the molecule is CC(Nc1ccc(S(=O)(=O)N(C)C)cn1)C1CCCNC1. The monoisotopic (exact) mass is 312 g/mol. The van der Waals surface area contributed by atoms with Crippen molar-refractivity contribution in [3.8, 4) is 0 Å². The summed E-state index contributed by atoms with van der Waals surface area (Å²) in [4.78, 5) is 4.44. The van der Waals surface area contributed by atoms with Crippen molar-refractivity contribution in [2.45, 2.75) is 30.7 Å². The minimum Gasteiger partial charge on any atom is -0.367 e. The quantitative estimate of drug-likeness (QED) is 0.852. The summed E-state index contributed by atoms with van der Waals surface area (Å²) in [6.07, 6.45) is 3.81. The third-order valence-electron chi connectivity index (χ3n) is 3.93. The third kappa shape index (κ3) is 3.93. The molecule has 0 saturated carbocycles. The van der Waals surface area contributed by atoms with E-state index in [-0.39, 0.29) is 4.90 Å². The summed E-state index contributed by atoms with van der Waals surface area (Å²) in [5.74, 6) is 1.29. The summed E-state index contributed by atoms with van der Waals surface area (Å²) in [5.41, 5.74) is 0. The lowest BCUT2D eigenvalue weighted by atomic mass is 9.93. The molecule has 2 atom stereocenters. The summed E-state index contributed by atoms with van der Waals surface area (Å²) in [5, 5.41) is 6.76. The molecule has 118 valence electrons. The average Bonchev–Trinajstić information content (AvgIpc) is 2.48. The Morgan fingerprint density at radius 1 is 1.43 bits per heavy atom. The molecule has 1 aliphatic heterocycles. The van der Waals surface area contributed by atoms with Crippen LogP contribution in [0.15, 0.2) is 23.2 Å². The highest BCUT2D eigenvalue weighted by molar-refractivity contribution is 7.89. The summed E-state index contributed by atoms with van der Waals surface area (Å²) in [6, 6.07) is 3.63. The van der Waals surface area contributed by atoms with Gasteiger partial charge in [0, 0.05) is 26.3 Å². The van der Waals surface area contributed by atoms with E-state index in [0.29, 0.717) is 17.8 Å². The van der Waals surface area contributed by atoms with Crippen LogP contribution in [-0.2, 0) is 10.0 Å². The van der Waals surface area contributed by atoms with E-state index in [1.165, 1.54) is 37.4 Å². The highest BCUT2D eigenvalue weighted by Crippen LogP contribution is 2.19. The highest BCUT2D eigenvalue weighted by Gasteiger charge is 2.21. The van der Waals surface area contributed by atoms with E-state index in [1.807, 2.05) is 0 Å². The van der Waals surface area contributed by atoms with E-state index in [2.05, 4.69) is 22.5 Å². The molecule has 0 spiro atoms. The fraction of sp³-hybridized carbons (Fsp3) is 0.643. The first-order valence-electron chi connectivity index (χ1n) is 7.27. The molecule has 1 fully saturated rings. The standard InChI is InChI=1S/C14H24N4O2S/c1-11(12-5-4-8-15-9-12)17-14-7-6-13(10-16-14)21(19,20)18(2)3/h6-7,10-12,15H,4-5,8-9H2,1-3H3,(H,16,17). The molecule has 0 amide bonds. The van der Waals surface area contributed by atoms with E-state index in [0.717, 1.165) is 13.1 Å². The van der Waals surface area contributed by atoms with Crippen LogP contribution in [0.1, 0.15) is 19.8 Å². The number of hydrogen-bond donors (Lipinski definition) is 2. The molecule has 2 heterocycles. The number of nitrogens with zero attached hydrogens (tertiary/aromatic N) is 2. The van der Waals surface area contributed by atoms with E-state index < -0.39 is 10.0 Å². The van der Waals surface area contributed by atoms with Crippen molar-refractivity contribution < 1.29 is 8.42 Å². The lowest BCUT2D eigenvalue weighted by Crippen LogP contribution is -2.38. The molecule has 0 aliphatic carbocycles. The van der Waals surface area contributed by atoms with Crippen molar-refractivity contribution in [1.29, 1.82) is 0 Å². The topological polar surface area (TPSA) is 74.3 Å². The molecule has 2 unspecified atom stereocenters. The average molecular weight is 312 g/mol. The Labute approximate surface area is 127 Å². The fourth-order valence-corrected chi connectivity index (χ4v) is 3.33. The maximum Gasteiger partial charge on any atom is 0.244 e. The Balaban J connectivity index is 2.02. The summed E-state index contributed by atoms with van der Waals surface area (Å²) < 4.78 is 25.1. The third-order valence-corrected chi connectivity index (χ3v) is 5.73. The minimum atomic E-state index is -3.41. The molecule has 1 saturated heterocycles. The Kier molecular flexibility index (Phi) is 5.18. The number of rotatable bonds is 5. The van der Waals surface area contributed by atoms with Crippen LogP contribution in [0, 0.1) is 5.92 Å². The van der Waals surface area contributed by atoms with E-state index in [9.17, 15) is 8.42 Å². The number of hydrogen-bond acceptors (Lipinski definition) is 5. The Hall–Kier alpha value is -1.18. The number of anilines is 1. The van der Waals surface area contributed by atoms with Crippen LogP contribution in [0.3, 0.4) is 0 Å². The van der Waals surface area contributed by atoms with Crippen LogP contribution in [0.4, 0.5) is 5.82 Å². The normalized spacial score (nSPS) is 21.2. The largest absolute Gasteiger partial charge is 0.367 e. The second-order valence-corrected chi connectivity index (χ2v) is 7.86. The summed E-state index contributed by atoms with van der Waals surface area (Å²) in [6.45, 7) is 4.25. The minimum absolute atomic E-state index is 0.213. The van der Waals surface area contributed by atoms with Gasteiger partial charge in [-0.3, -0.25) is 0 Å². The van der Waals surface area contributed by atoms with Crippen molar-refractivity contribution in [2.75, 3.05) is 32.5 Å². The van der Waals surface area contributed by atoms with Crippen molar-refractivity contribution in [3.05, 3.63) is 18.3 Å². The molecule has 21 heavy (non-hydrogen) atoms. The van der Waals surface area contributed by atoms with E-state index in [4.69, 9.17) is 0 Å². The fourth-order valence-electron chi connectivity index (χ4n) is 2.49. The van der Waals surface area contributed by atoms with Gasteiger partial charge in [0.25, 0.3) is 0 Å². The zero-order valence-electron chi connectivity index (χ0n) is 12.8. The highest BCUT2D eigenvalue weighted by atomic mass is 32.2. The van der Waals surface area contributed by atoms with Crippen LogP contribution in [0.2, 0.25) is 0 Å². The molecule has 7 heteroatoms. The van der Waals surface area contributed by atoms with Gasteiger partial charge in [-0.25, -0.2) is 17.7 Å². The first-order chi connectivity index (χ1) is 9.91. The molecule has 6 nitrogen and oxygen atoms in total. The smallest absolute Gasteiger partial charge is 0.244 e. The first-order valence-corrected chi connectivity index (χ1v) is 8.71. The Morgan fingerprint density at radius 2 is 2.19 bits per heavy atom. The Bertz CT molecular complexity index is 551. The summed E-state index contributed by atoms with van der Waals surface area (Å²) >= 11 is 0. The van der Waals surface area contributed by atoms with Crippen LogP contribution in [0.25, 0.3) is 0 Å². The van der Waals surface area contributed by atoms with Crippen LogP contribution >= 0.6 is 0 Å². The molecular formula is C14H24N4O2S. The second kappa shape index (κ2) is 6.72. The van der Waals surface area contributed by atoms with Gasteiger partial charge in [-0.1, -0.05) is 0 Å². The van der Waals surface area contributed by atoms with Gasteiger partial charge in [0.1, 0.15) is 10.7 Å². The zero-order valence-corrected chi connectivity index (χ0v) is 13.7. The van der Waals surface area contributed by atoms with Crippen LogP contribution in [0.5, 0.6) is 0 Å². The van der Waals surface area contributed by atoms with Crippen molar-refractivity contribution in [1.82, 2.24) is 14.6 Å². The predicted octanol–water partition coefficient (Wildman–Crippen LogP) is 1.13. The molecule has 0 aromatic carbocycles. The van der Waals surface area contributed by atoms with Gasteiger partial charge in [0.05, 0.1) is 0 Å². The Morgan fingerprint density at radius 3 is 2.71 bits per heavy atom. The lowest BCUT2D eigenvalue weighted by molar-refractivity contribution is 0.346. The molecule has 0 bridgehead atoms. The van der Waals surface area contributed by atoms with Crippen molar-refractivity contribution >= 4 is 15.8 Å². The number of pyridine rings is 1. The predicted molar refractivity (Wildman–Crippen MR) is 83.8 cm³/mol. The van der Waals surface area contributed by atoms with Gasteiger partial charge in [-0.05, 0) is 50.9 Å². The molecule has 1 aromatic rings. The molecular weight excluding hydrogens is 288 g/mol. The van der Waals surface area contributed by atoms with E-state index in [1.54, 1.807) is 12.1 Å². The molecule has 0 radical (unpaired) electrons. The van der Waals surface area contributed by atoms with Gasteiger partial charge >= 0.3 is 0 Å². The number of piperidine rings is 1. The maximum atomic E-state index is 12.0. The van der Waals surface area contributed by atoms with Crippen molar-refractivity contribution in [2.24, 2.45) is 5.92 Å². The first kappa shape index (κ1) is 16.2. The summed E-state index contributed by atoms with van der Waals surface area (Å²) in [7, 11) is -0.382. The number of aromatic nitrogens is 1. The molecule has 2 rings (SSSR count). The van der Waals surface area contributed by atoms with Gasteiger partial charge in [0.2, 0.25) is 10.0 Å². The molecule has 1 aromatic heterocycles. The second-order valence-electron chi connectivity index (χ2n) is 5.71. The van der Waals surface area contributed by atoms with E-state index >= 15 is 0 Å².